The topological polar surface area (TPSA) is 29.3 Å². The molecule has 1 aromatic heterocycles. The third kappa shape index (κ3) is 3.44. The number of likely N-dealkylation sites (tertiary alicyclic amines) is 1. The molecule has 0 amide bonds. The van der Waals surface area contributed by atoms with Gasteiger partial charge in [0.05, 0.1) is 0 Å². The van der Waals surface area contributed by atoms with E-state index < -0.39 is 0 Å². The second-order valence-electron chi connectivity index (χ2n) is 4.73. The Kier molecular flexibility index (Phi) is 4.89. The fourth-order valence-corrected chi connectivity index (χ4v) is 4.29. The summed E-state index contributed by atoms with van der Waals surface area (Å²) in [5.41, 5.74) is 6.07. The maximum absolute atomic E-state index is 6.07. The lowest BCUT2D eigenvalue weighted by molar-refractivity contribution is 0.124. The first-order valence-corrected chi connectivity index (χ1v) is 8.00. The zero-order valence-electron chi connectivity index (χ0n) is 9.96. The highest BCUT2D eigenvalue weighted by atomic mass is 79.9. The molecule has 2 nitrogen and oxygen atoms in total. The van der Waals surface area contributed by atoms with Gasteiger partial charge in [0.25, 0.3) is 0 Å². The summed E-state index contributed by atoms with van der Waals surface area (Å²) in [5, 5.41) is 0. The lowest BCUT2D eigenvalue weighted by Crippen LogP contribution is -2.48. The summed E-state index contributed by atoms with van der Waals surface area (Å²) in [6.07, 6.45) is 3.80. The molecule has 0 bridgehead atoms. The Balaban J connectivity index is 2.05. The zero-order chi connectivity index (χ0) is 12.4. The van der Waals surface area contributed by atoms with Crippen molar-refractivity contribution in [2.24, 2.45) is 5.73 Å². The molecule has 17 heavy (non-hydrogen) atoms. The molecule has 2 rings (SSSR count). The zero-order valence-corrected chi connectivity index (χ0v) is 13.1. The lowest BCUT2D eigenvalue weighted by atomic mass is 9.97. The van der Waals surface area contributed by atoms with Crippen molar-refractivity contribution in [1.29, 1.82) is 0 Å². The molecule has 0 spiro atoms. The van der Waals surface area contributed by atoms with Crippen LogP contribution < -0.4 is 5.73 Å². The average molecular weight is 338 g/mol. The van der Waals surface area contributed by atoms with E-state index in [1.54, 1.807) is 11.3 Å². The van der Waals surface area contributed by atoms with Gasteiger partial charge in [0.2, 0.25) is 0 Å². The first-order chi connectivity index (χ1) is 8.08. The van der Waals surface area contributed by atoms with Crippen LogP contribution in [0.1, 0.15) is 31.1 Å². The highest BCUT2D eigenvalue weighted by Gasteiger charge is 2.25. The molecule has 1 aromatic rings. The Morgan fingerprint density at radius 1 is 1.65 bits per heavy atom. The summed E-state index contributed by atoms with van der Waals surface area (Å²) in [5.74, 6) is 0. The molecular weight excluding hydrogens is 320 g/mol. The SMILES string of the molecule is CC(N)C1CCCCN1Cc1cc(Br)c(Cl)s1. The van der Waals surface area contributed by atoms with Crippen molar-refractivity contribution in [3.05, 3.63) is 19.8 Å². The fourth-order valence-electron chi connectivity index (χ4n) is 2.48. The van der Waals surface area contributed by atoms with Gasteiger partial charge in [-0.15, -0.1) is 11.3 Å². The van der Waals surface area contributed by atoms with E-state index in [2.05, 4.69) is 33.8 Å². The standard InChI is InChI=1S/C12H18BrClN2S/c1-8(15)11-4-2-3-5-16(11)7-9-6-10(13)12(14)17-9/h6,8,11H,2-5,7,15H2,1H3. The predicted octanol–water partition coefficient (Wildman–Crippen LogP) is 3.87. The van der Waals surface area contributed by atoms with Crippen LogP contribution in [0.5, 0.6) is 0 Å². The molecule has 1 aliphatic heterocycles. The summed E-state index contributed by atoms with van der Waals surface area (Å²) in [7, 11) is 0. The third-order valence-corrected chi connectivity index (χ3v) is 5.79. The summed E-state index contributed by atoms with van der Waals surface area (Å²) in [4.78, 5) is 3.82. The number of piperidine rings is 1. The molecule has 0 saturated carbocycles. The molecule has 2 atom stereocenters. The average Bonchev–Trinajstić information content (AvgIpc) is 2.58. The molecule has 1 fully saturated rings. The Morgan fingerprint density at radius 3 is 3.00 bits per heavy atom. The molecule has 1 saturated heterocycles. The highest BCUT2D eigenvalue weighted by molar-refractivity contribution is 9.10. The minimum Gasteiger partial charge on any atom is -0.327 e. The number of thiophene rings is 1. The maximum atomic E-state index is 6.07. The van der Waals surface area contributed by atoms with Gasteiger partial charge in [-0.25, -0.2) is 0 Å². The Bertz CT molecular complexity index is 361. The van der Waals surface area contributed by atoms with Crippen LogP contribution in [0.15, 0.2) is 10.5 Å². The van der Waals surface area contributed by atoms with Crippen molar-refractivity contribution in [3.8, 4) is 0 Å². The van der Waals surface area contributed by atoms with Gasteiger partial charge in [-0.05, 0) is 48.3 Å². The molecule has 0 aromatic carbocycles. The predicted molar refractivity (Wildman–Crippen MR) is 78.7 cm³/mol. The van der Waals surface area contributed by atoms with Crippen LogP contribution in [0, 0.1) is 0 Å². The number of hydrogen-bond donors (Lipinski definition) is 1. The van der Waals surface area contributed by atoms with Crippen molar-refractivity contribution in [2.75, 3.05) is 6.54 Å². The Hall–Kier alpha value is 0.390. The number of rotatable bonds is 3. The molecule has 96 valence electrons. The van der Waals surface area contributed by atoms with Crippen LogP contribution >= 0.6 is 38.9 Å². The summed E-state index contributed by atoms with van der Waals surface area (Å²) in [6.45, 7) is 4.24. The van der Waals surface area contributed by atoms with Crippen molar-refractivity contribution in [2.45, 2.75) is 44.8 Å². The van der Waals surface area contributed by atoms with Gasteiger partial charge in [0.1, 0.15) is 4.34 Å². The summed E-state index contributed by atoms with van der Waals surface area (Å²) < 4.78 is 1.85. The normalized spacial score (nSPS) is 23.9. The largest absolute Gasteiger partial charge is 0.327 e. The molecule has 2 unspecified atom stereocenters. The first-order valence-electron chi connectivity index (χ1n) is 6.01. The van der Waals surface area contributed by atoms with Gasteiger partial charge in [0, 0.05) is 28.0 Å². The van der Waals surface area contributed by atoms with Crippen molar-refractivity contribution in [3.63, 3.8) is 0 Å². The monoisotopic (exact) mass is 336 g/mol. The Morgan fingerprint density at radius 2 is 2.41 bits per heavy atom. The van der Waals surface area contributed by atoms with E-state index >= 15 is 0 Å². The van der Waals surface area contributed by atoms with Crippen molar-refractivity contribution < 1.29 is 0 Å². The first kappa shape index (κ1) is 13.8. The lowest BCUT2D eigenvalue weighted by Gasteiger charge is -2.37. The highest BCUT2D eigenvalue weighted by Crippen LogP contribution is 2.33. The van der Waals surface area contributed by atoms with E-state index in [-0.39, 0.29) is 6.04 Å². The molecule has 0 radical (unpaired) electrons. The molecule has 0 aliphatic carbocycles. The van der Waals surface area contributed by atoms with Gasteiger partial charge >= 0.3 is 0 Å². The fraction of sp³-hybridized carbons (Fsp3) is 0.667. The van der Waals surface area contributed by atoms with Crippen LogP contribution in [0.25, 0.3) is 0 Å². The summed E-state index contributed by atoms with van der Waals surface area (Å²) in [6, 6.07) is 2.89. The van der Waals surface area contributed by atoms with Gasteiger partial charge in [-0.1, -0.05) is 18.0 Å². The quantitative estimate of drug-likeness (QED) is 0.907. The second kappa shape index (κ2) is 6.02. The van der Waals surface area contributed by atoms with E-state index in [9.17, 15) is 0 Å². The van der Waals surface area contributed by atoms with E-state index in [1.807, 2.05) is 0 Å². The van der Waals surface area contributed by atoms with Crippen molar-refractivity contribution >= 4 is 38.9 Å². The van der Waals surface area contributed by atoms with Gasteiger partial charge in [-0.2, -0.15) is 0 Å². The van der Waals surface area contributed by atoms with E-state index in [0.717, 1.165) is 21.9 Å². The maximum Gasteiger partial charge on any atom is 0.107 e. The minimum absolute atomic E-state index is 0.245. The van der Waals surface area contributed by atoms with Crippen LogP contribution in [0.2, 0.25) is 4.34 Å². The Labute approximate surface area is 120 Å². The van der Waals surface area contributed by atoms with Crippen molar-refractivity contribution in [1.82, 2.24) is 4.90 Å². The smallest absolute Gasteiger partial charge is 0.107 e. The van der Waals surface area contributed by atoms with Crippen LogP contribution in [-0.2, 0) is 6.54 Å². The van der Waals surface area contributed by atoms with E-state index in [4.69, 9.17) is 17.3 Å². The number of hydrogen-bond acceptors (Lipinski definition) is 3. The molecule has 5 heteroatoms. The second-order valence-corrected chi connectivity index (χ2v) is 7.32. The van der Waals surface area contributed by atoms with Gasteiger partial charge < -0.3 is 5.73 Å². The summed E-state index contributed by atoms with van der Waals surface area (Å²) >= 11 is 11.2. The van der Waals surface area contributed by atoms with E-state index in [1.165, 1.54) is 24.1 Å². The molecule has 1 aliphatic rings. The van der Waals surface area contributed by atoms with Gasteiger partial charge in [0.15, 0.2) is 0 Å². The minimum atomic E-state index is 0.245. The number of nitrogens with zero attached hydrogens (tertiary/aromatic N) is 1. The van der Waals surface area contributed by atoms with Gasteiger partial charge in [-0.3, -0.25) is 4.90 Å². The van der Waals surface area contributed by atoms with E-state index in [0.29, 0.717) is 6.04 Å². The van der Waals surface area contributed by atoms with Crippen LogP contribution in [0.4, 0.5) is 0 Å². The number of nitrogens with two attached hydrogens (primary N) is 1. The third-order valence-electron chi connectivity index (χ3n) is 3.33. The van der Waals surface area contributed by atoms with Crippen LogP contribution in [-0.4, -0.2) is 23.5 Å². The van der Waals surface area contributed by atoms with Crippen LogP contribution in [0.3, 0.4) is 0 Å². The molecule has 2 heterocycles. The number of halogens is 2. The molecule has 2 N–H and O–H groups in total. The molecular formula is C12H18BrClN2S.